The number of rotatable bonds is 5. The Morgan fingerprint density at radius 1 is 1.13 bits per heavy atom. The normalized spacial score (nSPS) is 17.3. The van der Waals surface area contributed by atoms with Crippen molar-refractivity contribution in [1.29, 1.82) is 0 Å². The molecule has 1 aromatic carbocycles. The molecule has 1 atom stereocenters. The maximum Gasteiger partial charge on any atom is 0.266 e. The molecule has 0 saturated carbocycles. The predicted octanol–water partition coefficient (Wildman–Crippen LogP) is 4.88. The summed E-state index contributed by atoms with van der Waals surface area (Å²) in [7, 11) is 0. The van der Waals surface area contributed by atoms with Crippen LogP contribution in [0.25, 0.3) is 10.9 Å². The summed E-state index contributed by atoms with van der Waals surface area (Å²) in [6.45, 7) is 2.60. The number of nitrogens with zero attached hydrogens (tertiary/aromatic N) is 2. The zero-order valence-corrected chi connectivity index (χ0v) is 16.4. The van der Waals surface area contributed by atoms with E-state index in [1.54, 1.807) is 31.5 Å². The van der Waals surface area contributed by atoms with Crippen molar-refractivity contribution in [3.8, 4) is 0 Å². The first-order valence-corrected chi connectivity index (χ1v) is 9.77. The summed E-state index contributed by atoms with van der Waals surface area (Å²) in [6.07, 6.45) is 1.18. The molecule has 1 saturated heterocycles. The van der Waals surface area contributed by atoms with E-state index >= 15 is 0 Å². The lowest BCUT2D eigenvalue weighted by Gasteiger charge is -2.31. The molecule has 2 aromatic heterocycles. The average molecular weight is 417 g/mol. The molecule has 0 radical (unpaired) electrons. The van der Waals surface area contributed by atoms with E-state index in [-0.39, 0.29) is 5.56 Å². The summed E-state index contributed by atoms with van der Waals surface area (Å²) in [5, 5.41) is 14.9. The molecule has 8 heteroatoms. The minimum absolute atomic E-state index is 0.148. The first-order chi connectivity index (χ1) is 14.4. The van der Waals surface area contributed by atoms with Crippen LogP contribution in [0.3, 0.4) is 0 Å². The van der Waals surface area contributed by atoms with Crippen molar-refractivity contribution in [2.75, 3.05) is 18.5 Å². The highest BCUT2D eigenvalue weighted by Crippen LogP contribution is 2.35. The predicted molar refractivity (Wildman–Crippen MR) is 107 cm³/mol. The van der Waals surface area contributed by atoms with Crippen molar-refractivity contribution in [1.82, 2.24) is 9.97 Å². The molecule has 0 aliphatic carbocycles. The van der Waals surface area contributed by atoms with E-state index in [0.717, 1.165) is 6.07 Å². The quantitative estimate of drug-likeness (QED) is 0.620. The number of anilines is 1. The molecule has 5 nitrogen and oxygen atoms in total. The first kappa shape index (κ1) is 20.6. The van der Waals surface area contributed by atoms with Crippen LogP contribution in [0.15, 0.2) is 42.7 Å². The third kappa shape index (κ3) is 3.85. The van der Waals surface area contributed by atoms with Crippen LogP contribution >= 0.6 is 0 Å². The Hall–Kier alpha value is -2.71. The molecular formula is C22H22F3N3O2. The summed E-state index contributed by atoms with van der Waals surface area (Å²) in [5.74, 6) is -0.912. The minimum atomic E-state index is -2.88. The summed E-state index contributed by atoms with van der Waals surface area (Å²) in [5.41, 5.74) is 0.224. The molecule has 3 aromatic rings. The number of pyridine rings is 2. The molecule has 1 aliphatic rings. The van der Waals surface area contributed by atoms with Crippen LogP contribution in [0.5, 0.6) is 0 Å². The van der Waals surface area contributed by atoms with Gasteiger partial charge in [-0.05, 0) is 19.1 Å². The van der Waals surface area contributed by atoms with Crippen LogP contribution in [0.1, 0.15) is 49.1 Å². The Morgan fingerprint density at radius 3 is 2.60 bits per heavy atom. The number of hydrogen-bond donors (Lipinski definition) is 2. The average Bonchev–Trinajstić information content (AvgIpc) is 2.74. The summed E-state index contributed by atoms with van der Waals surface area (Å²) < 4.78 is 46.0. The van der Waals surface area contributed by atoms with Gasteiger partial charge in [-0.15, -0.1) is 0 Å². The maximum atomic E-state index is 14.6. The van der Waals surface area contributed by atoms with Crippen LogP contribution < -0.4 is 5.32 Å². The van der Waals surface area contributed by atoms with E-state index in [9.17, 15) is 18.3 Å². The minimum Gasteiger partial charge on any atom is -0.383 e. The molecule has 0 bridgehead atoms. The molecule has 0 unspecified atom stereocenters. The van der Waals surface area contributed by atoms with Gasteiger partial charge in [-0.25, -0.2) is 13.2 Å². The molecule has 3 heterocycles. The number of aliphatic hydroxyl groups is 1. The van der Waals surface area contributed by atoms with Crippen molar-refractivity contribution in [2.45, 2.75) is 37.8 Å². The van der Waals surface area contributed by atoms with Crippen molar-refractivity contribution in [2.24, 2.45) is 0 Å². The summed E-state index contributed by atoms with van der Waals surface area (Å²) in [4.78, 5) is 8.69. The topological polar surface area (TPSA) is 67.3 Å². The third-order valence-corrected chi connectivity index (χ3v) is 5.56. The number of fused-ring (bicyclic) bond motifs is 1. The lowest BCUT2D eigenvalue weighted by Crippen LogP contribution is -2.34. The number of halogens is 3. The van der Waals surface area contributed by atoms with Gasteiger partial charge in [0, 0.05) is 48.9 Å². The fourth-order valence-electron chi connectivity index (χ4n) is 3.78. The second-order valence-corrected chi connectivity index (χ2v) is 7.51. The Bertz CT molecular complexity index is 1050. The van der Waals surface area contributed by atoms with Crippen molar-refractivity contribution in [3.05, 3.63) is 65.4 Å². The third-order valence-electron chi connectivity index (χ3n) is 5.56. The van der Waals surface area contributed by atoms with Gasteiger partial charge in [-0.1, -0.05) is 18.2 Å². The van der Waals surface area contributed by atoms with Gasteiger partial charge in [0.1, 0.15) is 11.4 Å². The number of aromatic nitrogens is 2. The SMILES string of the molecule is C[C@@H](Nc1ccnc2cnc(C3(O)CCOCC3)cc12)c1cccc(C(F)F)c1F. The van der Waals surface area contributed by atoms with Crippen molar-refractivity contribution >= 4 is 16.6 Å². The molecular weight excluding hydrogens is 395 g/mol. The number of alkyl halides is 2. The largest absolute Gasteiger partial charge is 0.383 e. The van der Waals surface area contributed by atoms with E-state index in [0.29, 0.717) is 48.3 Å². The second-order valence-electron chi connectivity index (χ2n) is 7.51. The smallest absolute Gasteiger partial charge is 0.266 e. The molecule has 158 valence electrons. The zero-order chi connectivity index (χ0) is 21.3. The van der Waals surface area contributed by atoms with E-state index in [1.807, 2.05) is 0 Å². The van der Waals surface area contributed by atoms with Crippen LogP contribution in [0.2, 0.25) is 0 Å². The van der Waals surface area contributed by atoms with Crippen LogP contribution in [0.4, 0.5) is 18.9 Å². The Kier molecular flexibility index (Phi) is 5.62. The van der Waals surface area contributed by atoms with E-state index in [1.165, 1.54) is 12.1 Å². The number of ether oxygens (including phenoxy) is 1. The van der Waals surface area contributed by atoms with Crippen LogP contribution in [-0.4, -0.2) is 28.3 Å². The van der Waals surface area contributed by atoms with Gasteiger partial charge in [0.05, 0.1) is 29.0 Å². The Morgan fingerprint density at radius 2 is 1.87 bits per heavy atom. The van der Waals surface area contributed by atoms with Gasteiger partial charge < -0.3 is 15.2 Å². The highest BCUT2D eigenvalue weighted by atomic mass is 19.3. The molecule has 1 aliphatic heterocycles. The van der Waals surface area contributed by atoms with Crippen LogP contribution in [-0.2, 0) is 10.3 Å². The second kappa shape index (κ2) is 8.20. The van der Waals surface area contributed by atoms with E-state index in [2.05, 4.69) is 15.3 Å². The zero-order valence-electron chi connectivity index (χ0n) is 16.4. The number of hydrogen-bond acceptors (Lipinski definition) is 5. The fourth-order valence-corrected chi connectivity index (χ4v) is 3.78. The highest BCUT2D eigenvalue weighted by molar-refractivity contribution is 5.91. The van der Waals surface area contributed by atoms with Gasteiger partial charge in [0.25, 0.3) is 6.43 Å². The molecule has 2 N–H and O–H groups in total. The van der Waals surface area contributed by atoms with Gasteiger partial charge in [-0.3, -0.25) is 9.97 Å². The molecule has 0 amide bonds. The van der Waals surface area contributed by atoms with E-state index < -0.39 is 29.4 Å². The number of nitrogens with one attached hydrogen (secondary N) is 1. The molecule has 4 rings (SSSR count). The van der Waals surface area contributed by atoms with Crippen LogP contribution in [0, 0.1) is 5.82 Å². The molecule has 30 heavy (non-hydrogen) atoms. The summed E-state index contributed by atoms with van der Waals surface area (Å²) in [6, 6.07) is 6.92. The Labute approximate surface area is 171 Å². The Balaban J connectivity index is 1.69. The van der Waals surface area contributed by atoms with E-state index in [4.69, 9.17) is 4.74 Å². The molecule has 1 fully saturated rings. The van der Waals surface area contributed by atoms with Crippen molar-refractivity contribution < 1.29 is 23.0 Å². The lowest BCUT2D eigenvalue weighted by atomic mass is 9.89. The van der Waals surface area contributed by atoms with Gasteiger partial charge in [0.2, 0.25) is 0 Å². The van der Waals surface area contributed by atoms with Crippen molar-refractivity contribution in [3.63, 3.8) is 0 Å². The van der Waals surface area contributed by atoms with Gasteiger partial charge >= 0.3 is 0 Å². The number of benzene rings is 1. The highest BCUT2D eigenvalue weighted by Gasteiger charge is 2.33. The first-order valence-electron chi connectivity index (χ1n) is 9.77. The molecule has 0 spiro atoms. The maximum absolute atomic E-state index is 14.6. The summed E-state index contributed by atoms with van der Waals surface area (Å²) >= 11 is 0. The fraction of sp³-hybridized carbons (Fsp3) is 0.364. The van der Waals surface area contributed by atoms with Gasteiger partial charge in [-0.2, -0.15) is 0 Å². The monoisotopic (exact) mass is 417 g/mol. The standard InChI is InChI=1S/C22H22F3N3O2/c1-13(14-3-2-4-15(20(14)23)21(24)25)28-17-5-8-26-18-12-27-19(11-16(17)18)22(29)6-9-30-10-7-22/h2-5,8,11-13,21,29H,6-7,9-10H2,1H3,(H,26,28)/t13-/m1/s1. The van der Waals surface area contributed by atoms with Gasteiger partial charge in [0.15, 0.2) is 0 Å². The lowest BCUT2D eigenvalue weighted by molar-refractivity contribution is -0.0704.